The zero-order valence-corrected chi connectivity index (χ0v) is 14.1. The average Bonchev–Trinajstić information content (AvgIpc) is 3.04. The molecule has 0 aliphatic carbocycles. The number of thiazole rings is 1. The fraction of sp³-hybridized carbons (Fsp3) is 0.312. The van der Waals surface area contributed by atoms with Crippen LogP contribution in [-0.2, 0) is 4.79 Å². The number of amides is 1. The van der Waals surface area contributed by atoms with Crippen LogP contribution in [-0.4, -0.2) is 36.7 Å². The van der Waals surface area contributed by atoms with Crippen LogP contribution in [0, 0.1) is 0 Å². The Kier molecular flexibility index (Phi) is 6.56. The molecular weight excluding hydrogens is 310 g/mol. The molecule has 0 aliphatic rings. The van der Waals surface area contributed by atoms with E-state index < -0.39 is 0 Å². The minimum atomic E-state index is -0.196. The first kappa shape index (κ1) is 17.0. The van der Waals surface area contributed by atoms with Crippen LogP contribution in [0.3, 0.4) is 0 Å². The molecule has 1 aromatic carbocycles. The normalized spacial score (nSPS) is 10.7. The van der Waals surface area contributed by atoms with Gasteiger partial charge in [0.15, 0.2) is 5.13 Å². The molecule has 23 heavy (non-hydrogen) atoms. The van der Waals surface area contributed by atoms with Crippen LogP contribution < -0.4 is 15.6 Å². The van der Waals surface area contributed by atoms with Crippen molar-refractivity contribution < 1.29 is 4.79 Å². The first-order chi connectivity index (χ1) is 11.2. The Labute approximate surface area is 140 Å². The second kappa shape index (κ2) is 8.89. The summed E-state index contributed by atoms with van der Waals surface area (Å²) in [6.45, 7) is 6.21. The first-order valence-corrected chi connectivity index (χ1v) is 8.36. The molecule has 2 N–H and O–H groups in total. The van der Waals surface area contributed by atoms with Crippen LogP contribution in [0.15, 0.2) is 41.6 Å². The highest BCUT2D eigenvalue weighted by Gasteiger charge is 2.06. The summed E-state index contributed by atoms with van der Waals surface area (Å²) in [4.78, 5) is 19.1. The molecule has 0 radical (unpaired) electrons. The third-order valence-corrected chi connectivity index (χ3v) is 4.15. The number of anilines is 2. The Bertz CT molecular complexity index is 637. The number of hydrogen-bond acceptors (Lipinski definition) is 6. The van der Waals surface area contributed by atoms with E-state index in [1.807, 2.05) is 30.3 Å². The number of nitrogens with one attached hydrogen (secondary N) is 2. The molecule has 1 heterocycles. The largest absolute Gasteiger partial charge is 0.376 e. The maximum Gasteiger partial charge on any atom is 0.259 e. The number of hydrazone groups is 1. The van der Waals surface area contributed by atoms with E-state index in [0.29, 0.717) is 0 Å². The molecule has 1 amide bonds. The van der Waals surface area contributed by atoms with Gasteiger partial charge in [0.2, 0.25) is 0 Å². The molecule has 0 saturated carbocycles. The second-order valence-corrected chi connectivity index (χ2v) is 5.77. The van der Waals surface area contributed by atoms with Gasteiger partial charge in [0.1, 0.15) is 0 Å². The van der Waals surface area contributed by atoms with Crippen LogP contribution in [0.4, 0.5) is 10.8 Å². The first-order valence-electron chi connectivity index (χ1n) is 7.54. The number of rotatable bonds is 8. The van der Waals surface area contributed by atoms with Gasteiger partial charge < -0.3 is 10.2 Å². The highest BCUT2D eigenvalue weighted by atomic mass is 32.1. The number of aromatic nitrogens is 1. The predicted molar refractivity (Wildman–Crippen MR) is 96.3 cm³/mol. The summed E-state index contributed by atoms with van der Waals surface area (Å²) >= 11 is 1.55. The SMILES string of the molecule is CCN(CC)c1ncc(/C=N\NC(=O)CNc2ccccc2)s1. The number of para-hydroxylation sites is 1. The topological polar surface area (TPSA) is 69.6 Å². The van der Waals surface area contributed by atoms with E-state index in [1.54, 1.807) is 23.7 Å². The minimum absolute atomic E-state index is 0.175. The van der Waals surface area contributed by atoms with Gasteiger partial charge in [-0.3, -0.25) is 4.79 Å². The molecule has 0 bridgehead atoms. The summed E-state index contributed by atoms with van der Waals surface area (Å²) < 4.78 is 0. The third-order valence-electron chi connectivity index (χ3n) is 3.15. The van der Waals surface area contributed by atoms with Gasteiger partial charge in [0.25, 0.3) is 5.91 Å². The Morgan fingerprint density at radius 1 is 1.30 bits per heavy atom. The molecule has 0 spiro atoms. The van der Waals surface area contributed by atoms with Gasteiger partial charge in [-0.25, -0.2) is 10.4 Å². The van der Waals surface area contributed by atoms with Crippen molar-refractivity contribution in [2.75, 3.05) is 29.9 Å². The lowest BCUT2D eigenvalue weighted by Gasteiger charge is -2.16. The van der Waals surface area contributed by atoms with Crippen molar-refractivity contribution in [3.05, 3.63) is 41.4 Å². The molecule has 0 saturated heterocycles. The molecule has 6 nitrogen and oxygen atoms in total. The highest BCUT2D eigenvalue weighted by Crippen LogP contribution is 2.20. The lowest BCUT2D eigenvalue weighted by atomic mass is 10.3. The van der Waals surface area contributed by atoms with E-state index in [4.69, 9.17) is 0 Å². The van der Waals surface area contributed by atoms with Crippen molar-refractivity contribution in [2.45, 2.75) is 13.8 Å². The summed E-state index contributed by atoms with van der Waals surface area (Å²) in [7, 11) is 0. The van der Waals surface area contributed by atoms with Crippen molar-refractivity contribution in [3.8, 4) is 0 Å². The van der Waals surface area contributed by atoms with Gasteiger partial charge in [0, 0.05) is 25.0 Å². The molecule has 0 aliphatic heterocycles. The fourth-order valence-corrected chi connectivity index (χ4v) is 2.84. The molecule has 0 fully saturated rings. The van der Waals surface area contributed by atoms with Gasteiger partial charge in [-0.05, 0) is 26.0 Å². The number of carbonyl (C=O) groups is 1. The monoisotopic (exact) mass is 331 g/mol. The molecular formula is C16H21N5OS. The Balaban J connectivity index is 1.78. The number of carbonyl (C=O) groups excluding carboxylic acids is 1. The Morgan fingerprint density at radius 3 is 2.74 bits per heavy atom. The molecule has 2 rings (SSSR count). The van der Waals surface area contributed by atoms with Crippen LogP contribution >= 0.6 is 11.3 Å². The summed E-state index contributed by atoms with van der Waals surface area (Å²) in [5, 5.41) is 7.96. The minimum Gasteiger partial charge on any atom is -0.376 e. The number of hydrogen-bond donors (Lipinski definition) is 2. The molecule has 0 atom stereocenters. The van der Waals surface area contributed by atoms with E-state index in [1.165, 1.54) is 0 Å². The number of nitrogens with zero attached hydrogens (tertiary/aromatic N) is 3. The quantitative estimate of drug-likeness (QED) is 0.576. The van der Waals surface area contributed by atoms with E-state index in [-0.39, 0.29) is 12.5 Å². The van der Waals surface area contributed by atoms with Crippen molar-refractivity contribution in [3.63, 3.8) is 0 Å². The Hall–Kier alpha value is -2.41. The van der Waals surface area contributed by atoms with Crippen LogP contribution in [0.5, 0.6) is 0 Å². The molecule has 1 aromatic heterocycles. The zero-order chi connectivity index (χ0) is 16.5. The standard InChI is InChI=1S/C16H21N5OS/c1-3-21(4-2)16-18-10-14(23-16)11-19-20-15(22)12-17-13-8-6-5-7-9-13/h5-11,17H,3-4,12H2,1-2H3,(H,20,22)/b19-11-. The maximum absolute atomic E-state index is 11.7. The van der Waals surface area contributed by atoms with Gasteiger partial charge in [0.05, 0.1) is 17.6 Å². The smallest absolute Gasteiger partial charge is 0.259 e. The molecule has 122 valence electrons. The van der Waals surface area contributed by atoms with E-state index >= 15 is 0 Å². The fourth-order valence-electron chi connectivity index (χ4n) is 1.92. The predicted octanol–water partition coefficient (Wildman–Crippen LogP) is 2.55. The van der Waals surface area contributed by atoms with Gasteiger partial charge in [-0.1, -0.05) is 29.5 Å². The Morgan fingerprint density at radius 2 is 2.04 bits per heavy atom. The molecule has 2 aromatic rings. The van der Waals surface area contributed by atoms with Crippen molar-refractivity contribution >= 4 is 34.3 Å². The summed E-state index contributed by atoms with van der Waals surface area (Å²) in [6.07, 6.45) is 3.38. The lowest BCUT2D eigenvalue weighted by molar-refractivity contribution is -0.119. The summed E-state index contributed by atoms with van der Waals surface area (Å²) in [5.74, 6) is -0.196. The van der Waals surface area contributed by atoms with Gasteiger partial charge in [-0.2, -0.15) is 5.10 Å². The van der Waals surface area contributed by atoms with Crippen LogP contribution in [0.2, 0.25) is 0 Å². The van der Waals surface area contributed by atoms with E-state index in [9.17, 15) is 4.79 Å². The van der Waals surface area contributed by atoms with Gasteiger partial charge in [-0.15, -0.1) is 0 Å². The zero-order valence-electron chi connectivity index (χ0n) is 13.3. The van der Waals surface area contributed by atoms with Crippen molar-refractivity contribution in [1.29, 1.82) is 0 Å². The lowest BCUT2D eigenvalue weighted by Crippen LogP contribution is -2.25. The third kappa shape index (κ3) is 5.37. The second-order valence-electron chi connectivity index (χ2n) is 4.73. The van der Waals surface area contributed by atoms with Crippen molar-refractivity contribution in [2.24, 2.45) is 5.10 Å². The van der Waals surface area contributed by atoms with Crippen LogP contribution in [0.1, 0.15) is 18.7 Å². The average molecular weight is 331 g/mol. The van der Waals surface area contributed by atoms with E-state index in [0.717, 1.165) is 28.8 Å². The van der Waals surface area contributed by atoms with Crippen molar-refractivity contribution in [1.82, 2.24) is 10.4 Å². The highest BCUT2D eigenvalue weighted by molar-refractivity contribution is 7.17. The molecule has 0 unspecified atom stereocenters. The van der Waals surface area contributed by atoms with Crippen LogP contribution in [0.25, 0.3) is 0 Å². The van der Waals surface area contributed by atoms with Gasteiger partial charge >= 0.3 is 0 Å². The maximum atomic E-state index is 11.7. The number of benzene rings is 1. The summed E-state index contributed by atoms with van der Waals surface area (Å²) in [6, 6.07) is 9.56. The van der Waals surface area contributed by atoms with E-state index in [2.05, 4.69) is 39.6 Å². The summed E-state index contributed by atoms with van der Waals surface area (Å²) in [5.41, 5.74) is 3.40. The molecule has 7 heteroatoms.